The second-order valence-corrected chi connectivity index (χ2v) is 7.01. The number of hydrogen-bond acceptors (Lipinski definition) is 5. The van der Waals surface area contributed by atoms with Gasteiger partial charge in [0.15, 0.2) is 11.5 Å². The minimum atomic E-state index is 0.0951. The zero-order chi connectivity index (χ0) is 19.8. The maximum absolute atomic E-state index is 12.5. The van der Waals surface area contributed by atoms with Crippen LogP contribution in [-0.2, 0) is 17.8 Å². The molecule has 27 heavy (non-hydrogen) atoms. The fourth-order valence-electron chi connectivity index (χ4n) is 2.81. The highest BCUT2D eigenvalue weighted by molar-refractivity contribution is 7.98. The summed E-state index contributed by atoms with van der Waals surface area (Å²) in [6.07, 6.45) is 3.07. The summed E-state index contributed by atoms with van der Waals surface area (Å²) in [6, 6.07) is 12.1. The fourth-order valence-corrected chi connectivity index (χ4v) is 3.22. The average molecular weight is 390 g/mol. The van der Waals surface area contributed by atoms with Crippen LogP contribution in [0.15, 0.2) is 41.3 Å². The van der Waals surface area contributed by atoms with Gasteiger partial charge in [-0.15, -0.1) is 11.8 Å². The summed E-state index contributed by atoms with van der Waals surface area (Å²) >= 11 is 1.71. The number of hydrogen-bond donors (Lipinski definition) is 0. The minimum Gasteiger partial charge on any atom is -0.493 e. The summed E-state index contributed by atoms with van der Waals surface area (Å²) in [5.41, 5.74) is 2.09. The molecule has 0 aromatic heterocycles. The van der Waals surface area contributed by atoms with E-state index in [0.29, 0.717) is 36.6 Å². The predicted molar refractivity (Wildman–Crippen MR) is 109 cm³/mol. The molecule has 2 aromatic carbocycles. The van der Waals surface area contributed by atoms with Crippen LogP contribution < -0.4 is 14.2 Å². The average Bonchev–Trinajstić information content (AvgIpc) is 2.71. The van der Waals surface area contributed by atoms with Crippen molar-refractivity contribution in [3.8, 4) is 17.2 Å². The van der Waals surface area contributed by atoms with Crippen LogP contribution in [0.3, 0.4) is 0 Å². The molecule has 2 rings (SSSR count). The molecule has 6 heteroatoms. The number of carbonyl (C=O) groups excluding carboxylic acids is 1. The predicted octanol–water partition coefficient (Wildman–Crippen LogP) is 4.03. The van der Waals surface area contributed by atoms with Crippen LogP contribution in [-0.4, -0.2) is 45.4 Å². The van der Waals surface area contributed by atoms with Gasteiger partial charge in [-0.25, -0.2) is 0 Å². The summed E-state index contributed by atoms with van der Waals surface area (Å²) in [4.78, 5) is 15.5. The van der Waals surface area contributed by atoms with Crippen molar-refractivity contribution in [1.82, 2.24) is 4.90 Å². The van der Waals surface area contributed by atoms with E-state index < -0.39 is 0 Å². The van der Waals surface area contributed by atoms with Crippen LogP contribution in [0.25, 0.3) is 0 Å². The second kappa shape index (κ2) is 10.1. The van der Waals surface area contributed by atoms with Crippen molar-refractivity contribution in [2.45, 2.75) is 24.3 Å². The first-order valence-electron chi connectivity index (χ1n) is 8.68. The van der Waals surface area contributed by atoms with Crippen LogP contribution in [0.5, 0.6) is 17.2 Å². The van der Waals surface area contributed by atoms with Crippen molar-refractivity contribution >= 4 is 17.7 Å². The number of nitrogens with zero attached hydrogens (tertiary/aromatic N) is 1. The number of amides is 1. The van der Waals surface area contributed by atoms with Gasteiger partial charge in [0, 0.05) is 24.9 Å². The van der Waals surface area contributed by atoms with E-state index in [-0.39, 0.29) is 5.91 Å². The number of benzene rings is 2. The summed E-state index contributed by atoms with van der Waals surface area (Å²) < 4.78 is 16.1. The van der Waals surface area contributed by atoms with Crippen molar-refractivity contribution < 1.29 is 19.0 Å². The topological polar surface area (TPSA) is 48.0 Å². The molecule has 0 atom stereocenters. The van der Waals surface area contributed by atoms with Crippen LogP contribution in [0, 0.1) is 0 Å². The molecule has 0 aliphatic rings. The highest BCUT2D eigenvalue weighted by Crippen LogP contribution is 2.38. The molecule has 1 amide bonds. The van der Waals surface area contributed by atoms with E-state index in [0.717, 1.165) is 11.1 Å². The van der Waals surface area contributed by atoms with E-state index in [4.69, 9.17) is 14.2 Å². The van der Waals surface area contributed by atoms with Crippen LogP contribution in [0.1, 0.15) is 17.5 Å². The van der Waals surface area contributed by atoms with Gasteiger partial charge in [0.05, 0.1) is 21.3 Å². The number of rotatable bonds is 9. The summed E-state index contributed by atoms with van der Waals surface area (Å²) in [7, 11) is 6.58. The Kier molecular flexibility index (Phi) is 7.85. The third-order valence-corrected chi connectivity index (χ3v) is 5.10. The smallest absolute Gasteiger partial charge is 0.222 e. The first kappa shape index (κ1) is 21.0. The van der Waals surface area contributed by atoms with Gasteiger partial charge in [-0.2, -0.15) is 0 Å². The lowest BCUT2D eigenvalue weighted by Gasteiger charge is -2.18. The largest absolute Gasteiger partial charge is 0.493 e. The third kappa shape index (κ3) is 5.57. The monoisotopic (exact) mass is 389 g/mol. The zero-order valence-corrected chi connectivity index (χ0v) is 17.4. The van der Waals surface area contributed by atoms with E-state index in [1.807, 2.05) is 25.4 Å². The molecule has 0 bridgehead atoms. The summed E-state index contributed by atoms with van der Waals surface area (Å²) in [6.45, 7) is 0.600. The van der Waals surface area contributed by atoms with Gasteiger partial charge in [-0.3, -0.25) is 4.79 Å². The second-order valence-electron chi connectivity index (χ2n) is 6.13. The molecule has 0 spiro atoms. The Bertz CT molecular complexity index is 736. The lowest BCUT2D eigenvalue weighted by Crippen LogP contribution is -2.26. The van der Waals surface area contributed by atoms with Crippen molar-refractivity contribution in [3.63, 3.8) is 0 Å². The van der Waals surface area contributed by atoms with Crippen LogP contribution in [0.2, 0.25) is 0 Å². The maximum Gasteiger partial charge on any atom is 0.222 e. The van der Waals surface area contributed by atoms with Gasteiger partial charge < -0.3 is 19.1 Å². The molecule has 2 aromatic rings. The lowest BCUT2D eigenvalue weighted by molar-refractivity contribution is -0.130. The first-order valence-corrected chi connectivity index (χ1v) is 9.90. The molecule has 0 saturated heterocycles. The standard InChI is InChI=1S/C21H27NO4S/c1-22(14-15-6-9-17(27-5)10-7-15)20(23)11-8-16-12-18(24-2)21(26-4)19(13-16)25-3/h6-7,9-10,12-13H,8,11,14H2,1-5H3. The van der Waals surface area contributed by atoms with Gasteiger partial charge in [0.1, 0.15) is 0 Å². The number of ether oxygens (including phenoxy) is 3. The number of methoxy groups -OCH3 is 3. The highest BCUT2D eigenvalue weighted by Gasteiger charge is 2.15. The van der Waals surface area contributed by atoms with E-state index >= 15 is 0 Å². The normalized spacial score (nSPS) is 10.4. The molecular formula is C21H27NO4S. The third-order valence-electron chi connectivity index (χ3n) is 4.36. The molecule has 0 fully saturated rings. The van der Waals surface area contributed by atoms with Gasteiger partial charge in [-0.05, 0) is 48.1 Å². The Morgan fingerprint density at radius 3 is 2.04 bits per heavy atom. The number of carbonyl (C=O) groups is 1. The molecule has 0 aliphatic heterocycles. The molecule has 0 heterocycles. The quantitative estimate of drug-likeness (QED) is 0.606. The Hall–Kier alpha value is -2.34. The Morgan fingerprint density at radius 1 is 0.963 bits per heavy atom. The lowest BCUT2D eigenvalue weighted by atomic mass is 10.1. The van der Waals surface area contributed by atoms with Crippen molar-refractivity contribution in [2.24, 2.45) is 0 Å². The Labute approximate surface area is 165 Å². The van der Waals surface area contributed by atoms with E-state index in [1.165, 1.54) is 4.90 Å². The molecular weight excluding hydrogens is 362 g/mol. The molecule has 0 N–H and O–H groups in total. The molecule has 0 radical (unpaired) electrons. The molecule has 0 saturated carbocycles. The number of aryl methyl sites for hydroxylation is 1. The molecule has 146 valence electrons. The summed E-state index contributed by atoms with van der Waals surface area (Å²) in [5.74, 6) is 1.85. The van der Waals surface area contributed by atoms with Crippen molar-refractivity contribution in [3.05, 3.63) is 47.5 Å². The van der Waals surface area contributed by atoms with Gasteiger partial charge in [0.25, 0.3) is 0 Å². The maximum atomic E-state index is 12.5. The zero-order valence-electron chi connectivity index (χ0n) is 16.6. The van der Waals surface area contributed by atoms with Crippen molar-refractivity contribution in [2.75, 3.05) is 34.6 Å². The van der Waals surface area contributed by atoms with Gasteiger partial charge in [0.2, 0.25) is 11.7 Å². The van der Waals surface area contributed by atoms with Crippen LogP contribution in [0.4, 0.5) is 0 Å². The first-order chi connectivity index (χ1) is 13.0. The van der Waals surface area contributed by atoms with Gasteiger partial charge in [-0.1, -0.05) is 12.1 Å². The number of thioether (sulfide) groups is 1. The minimum absolute atomic E-state index is 0.0951. The van der Waals surface area contributed by atoms with E-state index in [9.17, 15) is 4.79 Å². The SMILES string of the molecule is COc1cc(CCC(=O)N(C)Cc2ccc(SC)cc2)cc(OC)c1OC. The molecule has 5 nitrogen and oxygen atoms in total. The van der Waals surface area contributed by atoms with E-state index in [2.05, 4.69) is 24.3 Å². The van der Waals surface area contributed by atoms with Crippen LogP contribution >= 0.6 is 11.8 Å². The highest BCUT2D eigenvalue weighted by atomic mass is 32.2. The van der Waals surface area contributed by atoms with E-state index in [1.54, 1.807) is 38.0 Å². The molecule has 0 unspecified atom stereocenters. The fraction of sp³-hybridized carbons (Fsp3) is 0.381. The molecule has 0 aliphatic carbocycles. The van der Waals surface area contributed by atoms with Gasteiger partial charge >= 0.3 is 0 Å². The van der Waals surface area contributed by atoms with Crippen molar-refractivity contribution in [1.29, 1.82) is 0 Å². The summed E-state index contributed by atoms with van der Waals surface area (Å²) in [5, 5.41) is 0. The Morgan fingerprint density at radius 2 is 1.56 bits per heavy atom. The Balaban J connectivity index is 1.99.